The zero-order valence-electron chi connectivity index (χ0n) is 10.6. The minimum Gasteiger partial charge on any atom is -0.478 e. The molecule has 0 unspecified atom stereocenters. The van der Waals surface area contributed by atoms with E-state index in [2.05, 4.69) is 4.90 Å². The summed E-state index contributed by atoms with van der Waals surface area (Å²) in [5.74, 6) is 0.587. The monoisotopic (exact) mass is 279 g/mol. The number of aliphatic carboxylic acids is 1. The van der Waals surface area contributed by atoms with E-state index in [0.717, 1.165) is 42.8 Å². The van der Waals surface area contributed by atoms with E-state index in [-0.39, 0.29) is 0 Å². The van der Waals surface area contributed by atoms with Crippen LogP contribution in [0.3, 0.4) is 0 Å². The Morgan fingerprint density at radius 3 is 2.47 bits per heavy atom. The number of carboxylic acids is 1. The summed E-state index contributed by atoms with van der Waals surface area (Å²) < 4.78 is 11.3. The van der Waals surface area contributed by atoms with Crippen molar-refractivity contribution in [1.82, 2.24) is 4.90 Å². The van der Waals surface area contributed by atoms with Crippen molar-refractivity contribution in [3.8, 4) is 0 Å². The van der Waals surface area contributed by atoms with Gasteiger partial charge in [-0.1, -0.05) is 24.3 Å². The minimum absolute atomic E-state index is 0.636. The molecule has 0 spiro atoms. The van der Waals surface area contributed by atoms with Gasteiger partial charge in [0, 0.05) is 48.0 Å². The summed E-state index contributed by atoms with van der Waals surface area (Å²) in [6.45, 7) is 2.63. The molecule has 0 aromatic heterocycles. The standard InChI is InChI=1S/C14H17NO3S/c16-14(17)6-5-12-1-3-13(4-2-12)11-15-7-9-19(18)10-8-15/h1-6H,7-11H2,(H,16,17). The van der Waals surface area contributed by atoms with Gasteiger partial charge in [-0.05, 0) is 17.2 Å². The van der Waals surface area contributed by atoms with Crippen molar-refractivity contribution >= 4 is 22.8 Å². The molecule has 1 aromatic rings. The fourth-order valence-corrected chi connectivity index (χ4v) is 3.12. The van der Waals surface area contributed by atoms with Crippen LogP contribution in [0.4, 0.5) is 0 Å². The Labute approximate surface area is 115 Å². The van der Waals surface area contributed by atoms with Crippen LogP contribution in [0.1, 0.15) is 11.1 Å². The summed E-state index contributed by atoms with van der Waals surface area (Å²) in [6, 6.07) is 7.84. The van der Waals surface area contributed by atoms with Crippen molar-refractivity contribution in [2.24, 2.45) is 0 Å². The van der Waals surface area contributed by atoms with Crippen LogP contribution in [0.5, 0.6) is 0 Å². The zero-order chi connectivity index (χ0) is 13.7. The van der Waals surface area contributed by atoms with Gasteiger partial charge in [-0.25, -0.2) is 4.79 Å². The highest BCUT2D eigenvalue weighted by molar-refractivity contribution is 7.85. The lowest BCUT2D eigenvalue weighted by Crippen LogP contribution is -2.37. The summed E-state index contributed by atoms with van der Waals surface area (Å²) in [5, 5.41) is 8.55. The first-order valence-electron chi connectivity index (χ1n) is 6.21. The highest BCUT2D eigenvalue weighted by Gasteiger charge is 2.14. The molecule has 0 atom stereocenters. The smallest absolute Gasteiger partial charge is 0.328 e. The Hall–Kier alpha value is -1.46. The molecule has 0 radical (unpaired) electrons. The minimum atomic E-state index is -0.939. The molecule has 0 bridgehead atoms. The number of hydrogen-bond donors (Lipinski definition) is 1. The SMILES string of the molecule is O=C(O)C=Cc1ccc(CN2CCS(=O)CC2)cc1. The lowest BCUT2D eigenvalue weighted by molar-refractivity contribution is -0.131. The Bertz CT molecular complexity index is 486. The van der Waals surface area contributed by atoms with Crippen molar-refractivity contribution < 1.29 is 14.1 Å². The third-order valence-corrected chi connectivity index (χ3v) is 4.35. The second-order valence-corrected chi connectivity index (χ2v) is 6.23. The molecule has 1 aliphatic rings. The molecule has 4 nitrogen and oxygen atoms in total. The third-order valence-electron chi connectivity index (χ3n) is 3.07. The Balaban J connectivity index is 1.91. The molecule has 1 fully saturated rings. The van der Waals surface area contributed by atoms with E-state index in [1.807, 2.05) is 24.3 Å². The Morgan fingerprint density at radius 2 is 1.89 bits per heavy atom. The van der Waals surface area contributed by atoms with Gasteiger partial charge in [-0.15, -0.1) is 0 Å². The van der Waals surface area contributed by atoms with Crippen LogP contribution in [-0.2, 0) is 22.1 Å². The van der Waals surface area contributed by atoms with Gasteiger partial charge in [0.1, 0.15) is 0 Å². The van der Waals surface area contributed by atoms with Crippen molar-refractivity contribution in [1.29, 1.82) is 0 Å². The molecule has 1 N–H and O–H groups in total. The quantitative estimate of drug-likeness (QED) is 0.845. The van der Waals surface area contributed by atoms with E-state index in [0.29, 0.717) is 0 Å². The molecule has 0 aliphatic carbocycles. The first-order chi connectivity index (χ1) is 9.13. The highest BCUT2D eigenvalue weighted by Crippen LogP contribution is 2.10. The van der Waals surface area contributed by atoms with Crippen LogP contribution < -0.4 is 0 Å². The molecule has 5 heteroatoms. The Morgan fingerprint density at radius 1 is 1.26 bits per heavy atom. The summed E-state index contributed by atoms with van der Waals surface area (Å²) in [4.78, 5) is 12.7. The van der Waals surface area contributed by atoms with E-state index in [1.54, 1.807) is 6.08 Å². The van der Waals surface area contributed by atoms with Gasteiger partial charge in [0.05, 0.1) is 0 Å². The molecular formula is C14H17NO3S. The highest BCUT2D eigenvalue weighted by atomic mass is 32.2. The first-order valence-corrected chi connectivity index (χ1v) is 7.69. The third kappa shape index (κ3) is 4.61. The van der Waals surface area contributed by atoms with E-state index >= 15 is 0 Å². The summed E-state index contributed by atoms with van der Waals surface area (Å²) in [5.41, 5.74) is 2.08. The van der Waals surface area contributed by atoms with Crippen LogP contribution in [-0.4, -0.2) is 44.8 Å². The van der Waals surface area contributed by atoms with E-state index in [4.69, 9.17) is 5.11 Å². The maximum atomic E-state index is 11.3. The number of hydrogen-bond acceptors (Lipinski definition) is 3. The summed E-state index contributed by atoms with van der Waals surface area (Å²) in [7, 11) is -0.636. The molecule has 102 valence electrons. The number of rotatable bonds is 4. The second kappa shape index (κ2) is 6.63. The van der Waals surface area contributed by atoms with E-state index in [1.165, 1.54) is 5.56 Å². The predicted molar refractivity (Wildman–Crippen MR) is 76.3 cm³/mol. The maximum absolute atomic E-state index is 11.3. The topological polar surface area (TPSA) is 57.6 Å². The van der Waals surface area contributed by atoms with Gasteiger partial charge in [0.25, 0.3) is 0 Å². The molecule has 19 heavy (non-hydrogen) atoms. The molecule has 1 aliphatic heterocycles. The van der Waals surface area contributed by atoms with E-state index < -0.39 is 16.8 Å². The lowest BCUT2D eigenvalue weighted by Gasteiger charge is -2.26. The van der Waals surface area contributed by atoms with Gasteiger partial charge in [-0.2, -0.15) is 0 Å². The molecule has 1 saturated heterocycles. The average molecular weight is 279 g/mol. The lowest BCUT2D eigenvalue weighted by atomic mass is 10.1. The van der Waals surface area contributed by atoms with Crippen LogP contribution in [0.2, 0.25) is 0 Å². The summed E-state index contributed by atoms with van der Waals surface area (Å²) >= 11 is 0. The number of nitrogens with zero attached hydrogens (tertiary/aromatic N) is 1. The molecular weight excluding hydrogens is 262 g/mol. The number of benzene rings is 1. The number of carboxylic acid groups (broad SMARTS) is 1. The van der Waals surface area contributed by atoms with Gasteiger partial charge in [0.15, 0.2) is 0 Å². The van der Waals surface area contributed by atoms with Crippen molar-refractivity contribution in [3.63, 3.8) is 0 Å². The number of carbonyl (C=O) groups is 1. The fourth-order valence-electron chi connectivity index (χ4n) is 1.99. The van der Waals surface area contributed by atoms with Crippen LogP contribution in [0.25, 0.3) is 6.08 Å². The van der Waals surface area contributed by atoms with Gasteiger partial charge in [-0.3, -0.25) is 9.11 Å². The molecule has 0 saturated carbocycles. The normalized spacial score (nSPS) is 17.9. The van der Waals surface area contributed by atoms with Gasteiger partial charge < -0.3 is 5.11 Å². The molecule has 1 aromatic carbocycles. The van der Waals surface area contributed by atoms with Crippen molar-refractivity contribution in [2.75, 3.05) is 24.6 Å². The second-order valence-electron chi connectivity index (χ2n) is 4.54. The van der Waals surface area contributed by atoms with Gasteiger partial charge >= 0.3 is 5.97 Å². The maximum Gasteiger partial charge on any atom is 0.328 e. The zero-order valence-corrected chi connectivity index (χ0v) is 11.4. The molecule has 0 amide bonds. The average Bonchev–Trinajstić information content (AvgIpc) is 2.40. The van der Waals surface area contributed by atoms with Crippen LogP contribution in [0, 0.1) is 0 Å². The summed E-state index contributed by atoms with van der Waals surface area (Å²) in [6.07, 6.45) is 2.71. The van der Waals surface area contributed by atoms with Crippen molar-refractivity contribution in [3.05, 3.63) is 41.5 Å². The predicted octanol–water partition coefficient (Wildman–Crippen LogP) is 1.35. The fraction of sp³-hybridized carbons (Fsp3) is 0.357. The van der Waals surface area contributed by atoms with E-state index in [9.17, 15) is 9.00 Å². The van der Waals surface area contributed by atoms with Crippen molar-refractivity contribution in [2.45, 2.75) is 6.54 Å². The molecule has 2 rings (SSSR count). The first kappa shape index (κ1) is 14.0. The molecule has 1 heterocycles. The van der Waals surface area contributed by atoms with Crippen LogP contribution in [0.15, 0.2) is 30.3 Å². The largest absolute Gasteiger partial charge is 0.478 e. The Kier molecular flexibility index (Phi) is 4.87. The van der Waals surface area contributed by atoms with Gasteiger partial charge in [0.2, 0.25) is 0 Å². The van der Waals surface area contributed by atoms with Crippen LogP contribution >= 0.6 is 0 Å².